The van der Waals surface area contributed by atoms with E-state index in [1.165, 1.54) is 0 Å². The molecule has 0 radical (unpaired) electrons. The third-order valence-electron chi connectivity index (χ3n) is 2.49. The summed E-state index contributed by atoms with van der Waals surface area (Å²) >= 11 is 0. The molecule has 0 saturated carbocycles. The van der Waals surface area contributed by atoms with Crippen molar-refractivity contribution in [2.45, 2.75) is 40.5 Å². The smallest absolute Gasteiger partial charge is 0.309 e. The van der Waals surface area contributed by atoms with Crippen molar-refractivity contribution in [1.29, 1.82) is 0 Å². The third kappa shape index (κ3) is 3.02. The molecule has 0 aliphatic heterocycles. The molecule has 0 spiro atoms. The molecule has 1 aromatic rings. The maximum Gasteiger partial charge on any atom is 0.309 e. The van der Waals surface area contributed by atoms with Crippen LogP contribution in [-0.2, 0) is 17.6 Å². The zero-order valence-electron chi connectivity index (χ0n) is 10.2. The largest absolute Gasteiger partial charge is 0.481 e. The van der Waals surface area contributed by atoms with Crippen molar-refractivity contribution in [3.63, 3.8) is 0 Å². The summed E-state index contributed by atoms with van der Waals surface area (Å²) in [4.78, 5) is 19.6. The Balaban J connectivity index is 2.97. The number of hydrogen-bond donors (Lipinski definition) is 1. The lowest BCUT2D eigenvalue weighted by molar-refractivity contribution is -0.146. The first-order valence-electron chi connectivity index (χ1n) is 5.42. The zero-order valence-corrected chi connectivity index (χ0v) is 10.2. The maximum atomic E-state index is 11.0. The van der Waals surface area contributed by atoms with Crippen molar-refractivity contribution in [2.75, 3.05) is 0 Å². The monoisotopic (exact) mass is 222 g/mol. The number of rotatable bonds is 4. The molecule has 4 heteroatoms. The summed E-state index contributed by atoms with van der Waals surface area (Å²) in [6.07, 6.45) is 1.20. The number of aryl methyl sites for hydroxylation is 2. The molecular weight excluding hydrogens is 204 g/mol. The molecule has 1 rings (SSSR count). The van der Waals surface area contributed by atoms with Crippen LogP contribution in [0.4, 0.5) is 0 Å². The Morgan fingerprint density at radius 3 is 2.56 bits per heavy atom. The highest BCUT2D eigenvalue weighted by Gasteiger charge is 2.28. The molecule has 0 aliphatic rings. The van der Waals surface area contributed by atoms with Crippen LogP contribution in [0.5, 0.6) is 0 Å². The molecule has 0 bridgehead atoms. The molecule has 0 unspecified atom stereocenters. The molecule has 0 saturated heterocycles. The zero-order chi connectivity index (χ0) is 12.3. The van der Waals surface area contributed by atoms with Gasteiger partial charge < -0.3 is 5.11 Å². The number of hydrogen-bond acceptors (Lipinski definition) is 3. The highest BCUT2D eigenvalue weighted by atomic mass is 16.4. The second-order valence-corrected chi connectivity index (χ2v) is 4.64. The van der Waals surface area contributed by atoms with E-state index >= 15 is 0 Å². The van der Waals surface area contributed by atoms with E-state index in [1.807, 2.05) is 19.9 Å². The second-order valence-electron chi connectivity index (χ2n) is 4.64. The average Bonchev–Trinajstić information content (AvgIpc) is 2.15. The van der Waals surface area contributed by atoms with E-state index in [0.29, 0.717) is 12.2 Å². The minimum absolute atomic E-state index is 0.358. The molecule has 0 fully saturated rings. The van der Waals surface area contributed by atoms with Crippen LogP contribution in [0.25, 0.3) is 0 Å². The maximum absolute atomic E-state index is 11.0. The molecule has 88 valence electrons. The van der Waals surface area contributed by atoms with Gasteiger partial charge in [0.2, 0.25) is 0 Å². The molecule has 0 aromatic carbocycles. The Labute approximate surface area is 95.7 Å². The normalized spacial score (nSPS) is 11.5. The van der Waals surface area contributed by atoms with Crippen LogP contribution in [0.2, 0.25) is 0 Å². The first kappa shape index (κ1) is 12.6. The van der Waals surface area contributed by atoms with Gasteiger partial charge in [0, 0.05) is 17.8 Å². The van der Waals surface area contributed by atoms with Crippen molar-refractivity contribution in [3.05, 3.63) is 23.3 Å². The molecule has 0 aliphatic carbocycles. The van der Waals surface area contributed by atoms with Gasteiger partial charge >= 0.3 is 5.97 Å². The van der Waals surface area contributed by atoms with E-state index < -0.39 is 11.4 Å². The number of carboxylic acids is 1. The summed E-state index contributed by atoms with van der Waals surface area (Å²) in [5.41, 5.74) is 1.03. The van der Waals surface area contributed by atoms with Crippen LogP contribution in [-0.4, -0.2) is 21.0 Å². The van der Waals surface area contributed by atoms with Gasteiger partial charge in [0.1, 0.15) is 5.82 Å². The van der Waals surface area contributed by atoms with E-state index in [9.17, 15) is 4.79 Å². The Bertz CT molecular complexity index is 400. The van der Waals surface area contributed by atoms with Gasteiger partial charge in [-0.25, -0.2) is 9.97 Å². The fourth-order valence-electron chi connectivity index (χ4n) is 1.43. The lowest BCUT2D eigenvalue weighted by Gasteiger charge is -2.18. The summed E-state index contributed by atoms with van der Waals surface area (Å²) in [6, 6.07) is 1.93. The lowest BCUT2D eigenvalue weighted by Crippen LogP contribution is -2.27. The number of carbonyl (C=O) groups is 1. The lowest BCUT2D eigenvalue weighted by atomic mass is 9.89. The van der Waals surface area contributed by atoms with Crippen LogP contribution in [0.1, 0.15) is 38.0 Å². The Morgan fingerprint density at radius 2 is 2.06 bits per heavy atom. The summed E-state index contributed by atoms with van der Waals surface area (Å²) in [5, 5.41) is 9.04. The first-order valence-corrected chi connectivity index (χ1v) is 5.42. The molecule has 0 atom stereocenters. The first-order chi connectivity index (χ1) is 7.35. The van der Waals surface area contributed by atoms with E-state index in [-0.39, 0.29) is 0 Å². The number of nitrogens with zero attached hydrogens (tertiary/aromatic N) is 2. The summed E-state index contributed by atoms with van der Waals surface area (Å²) < 4.78 is 0. The van der Waals surface area contributed by atoms with Gasteiger partial charge in [0.15, 0.2) is 0 Å². The predicted octanol–water partition coefficient (Wildman–Crippen LogP) is 2.00. The van der Waals surface area contributed by atoms with Gasteiger partial charge in [-0.1, -0.05) is 6.92 Å². The molecule has 1 heterocycles. The molecule has 16 heavy (non-hydrogen) atoms. The highest BCUT2D eigenvalue weighted by molar-refractivity contribution is 5.73. The van der Waals surface area contributed by atoms with Crippen molar-refractivity contribution in [3.8, 4) is 0 Å². The van der Waals surface area contributed by atoms with Crippen LogP contribution in [0.3, 0.4) is 0 Å². The van der Waals surface area contributed by atoms with E-state index in [2.05, 4.69) is 9.97 Å². The van der Waals surface area contributed by atoms with Gasteiger partial charge in [0.25, 0.3) is 0 Å². The van der Waals surface area contributed by atoms with Gasteiger partial charge in [0.05, 0.1) is 5.41 Å². The van der Waals surface area contributed by atoms with Crippen LogP contribution in [0.15, 0.2) is 6.07 Å². The molecule has 0 amide bonds. The highest BCUT2D eigenvalue weighted by Crippen LogP contribution is 2.20. The minimum atomic E-state index is -0.823. The van der Waals surface area contributed by atoms with Crippen LogP contribution in [0, 0.1) is 12.3 Å². The van der Waals surface area contributed by atoms with E-state index in [0.717, 1.165) is 17.8 Å². The molecule has 4 nitrogen and oxygen atoms in total. The average molecular weight is 222 g/mol. The fraction of sp³-hybridized carbons (Fsp3) is 0.583. The molecule has 1 N–H and O–H groups in total. The summed E-state index contributed by atoms with van der Waals surface area (Å²) in [5.74, 6) is -0.208. The number of carboxylic acid groups (broad SMARTS) is 1. The van der Waals surface area contributed by atoms with Gasteiger partial charge in [-0.15, -0.1) is 0 Å². The Hall–Kier alpha value is -1.45. The van der Waals surface area contributed by atoms with Crippen molar-refractivity contribution in [2.24, 2.45) is 5.41 Å². The van der Waals surface area contributed by atoms with E-state index in [4.69, 9.17) is 5.11 Å². The van der Waals surface area contributed by atoms with Gasteiger partial charge in [-0.2, -0.15) is 0 Å². The topological polar surface area (TPSA) is 63.1 Å². The standard InChI is InChI=1S/C12H18N2O2/c1-5-9-6-8(2)13-10(14-9)7-12(3,4)11(15)16/h6H,5,7H2,1-4H3,(H,15,16). The third-order valence-corrected chi connectivity index (χ3v) is 2.49. The number of aromatic nitrogens is 2. The summed E-state index contributed by atoms with van der Waals surface area (Å²) in [7, 11) is 0. The quantitative estimate of drug-likeness (QED) is 0.846. The molecular formula is C12H18N2O2. The summed E-state index contributed by atoms with van der Waals surface area (Å²) in [6.45, 7) is 7.30. The van der Waals surface area contributed by atoms with Crippen molar-refractivity contribution in [1.82, 2.24) is 9.97 Å². The van der Waals surface area contributed by atoms with Gasteiger partial charge in [-0.3, -0.25) is 4.79 Å². The van der Waals surface area contributed by atoms with Gasteiger partial charge in [-0.05, 0) is 33.3 Å². The SMILES string of the molecule is CCc1cc(C)nc(CC(C)(C)C(=O)O)n1. The van der Waals surface area contributed by atoms with Crippen molar-refractivity contribution < 1.29 is 9.90 Å². The fourth-order valence-corrected chi connectivity index (χ4v) is 1.43. The Kier molecular flexibility index (Phi) is 3.62. The minimum Gasteiger partial charge on any atom is -0.481 e. The van der Waals surface area contributed by atoms with E-state index in [1.54, 1.807) is 13.8 Å². The second kappa shape index (κ2) is 4.60. The molecule has 1 aromatic heterocycles. The van der Waals surface area contributed by atoms with Crippen LogP contribution < -0.4 is 0 Å². The number of aliphatic carboxylic acids is 1. The Morgan fingerprint density at radius 1 is 1.44 bits per heavy atom. The van der Waals surface area contributed by atoms with Crippen LogP contribution >= 0.6 is 0 Å². The van der Waals surface area contributed by atoms with Crippen molar-refractivity contribution >= 4 is 5.97 Å². The predicted molar refractivity (Wildman–Crippen MR) is 61.3 cm³/mol.